The Balaban J connectivity index is 1.34. The highest BCUT2D eigenvalue weighted by Gasteiger charge is 2.45. The molecule has 0 N–H and O–H groups in total. The number of alkyl halides is 6. The zero-order valence-corrected chi connectivity index (χ0v) is 26.1. The molecule has 1 nitrogen and oxygen atoms in total. The van der Waals surface area contributed by atoms with E-state index in [9.17, 15) is 26.3 Å². The summed E-state index contributed by atoms with van der Waals surface area (Å²) in [6.45, 7) is 2.10. The standard InChI is InChI=1S/C38H27F11O/c1-2-3-4-5-21-6-8-22(9-7-21)23-10-13-28(30(39)16-23)25-18-33(42)35(34(43)19-25)38(48,49)50-26-12-14-27(31(40)20-26)24-11-15-29(32(41)17-24)37(46,47)36(44)45/h6-20,36H,2-5H2,1H3. The summed E-state index contributed by atoms with van der Waals surface area (Å²) < 4.78 is 161. The van der Waals surface area contributed by atoms with Gasteiger partial charge in [-0.3, -0.25) is 0 Å². The van der Waals surface area contributed by atoms with Crippen molar-refractivity contribution >= 4 is 0 Å². The summed E-state index contributed by atoms with van der Waals surface area (Å²) >= 11 is 0. The van der Waals surface area contributed by atoms with E-state index in [4.69, 9.17) is 0 Å². The number of aryl methyl sites for hydroxylation is 1. The van der Waals surface area contributed by atoms with Gasteiger partial charge in [-0.1, -0.05) is 62.2 Å². The summed E-state index contributed by atoms with van der Waals surface area (Å²) in [7, 11) is 0. The molecule has 0 spiro atoms. The molecule has 0 bridgehead atoms. The maximum atomic E-state index is 15.2. The number of ether oxygens (including phenoxy) is 1. The quantitative estimate of drug-likeness (QED) is 0.0926. The minimum atomic E-state index is -4.83. The minimum absolute atomic E-state index is 0.265. The Bertz CT molecular complexity index is 1970. The molecule has 0 radical (unpaired) electrons. The van der Waals surface area contributed by atoms with E-state index < -0.39 is 75.5 Å². The van der Waals surface area contributed by atoms with Gasteiger partial charge in [-0.05, 0) is 83.1 Å². The predicted octanol–water partition coefficient (Wildman–Crippen LogP) is 12.6. The van der Waals surface area contributed by atoms with Gasteiger partial charge in [-0.2, -0.15) is 17.6 Å². The Labute approximate surface area is 280 Å². The normalized spacial score (nSPS) is 12.1. The summed E-state index contributed by atoms with van der Waals surface area (Å²) in [5.41, 5.74) is -2.74. The van der Waals surface area contributed by atoms with E-state index in [0.717, 1.165) is 55.5 Å². The maximum absolute atomic E-state index is 15.2. The van der Waals surface area contributed by atoms with Gasteiger partial charge in [0, 0.05) is 17.2 Å². The largest absolute Gasteiger partial charge is 0.432 e. The van der Waals surface area contributed by atoms with Crippen molar-refractivity contribution in [1.29, 1.82) is 0 Å². The van der Waals surface area contributed by atoms with Crippen LogP contribution in [0, 0.1) is 29.1 Å². The fraction of sp³-hybridized carbons (Fsp3) is 0.211. The molecule has 5 aromatic carbocycles. The zero-order valence-electron chi connectivity index (χ0n) is 26.1. The lowest BCUT2D eigenvalue weighted by Crippen LogP contribution is -2.25. The molecule has 0 amide bonds. The number of hydrogen-bond donors (Lipinski definition) is 0. The number of benzene rings is 5. The number of hydrogen-bond acceptors (Lipinski definition) is 1. The van der Waals surface area contributed by atoms with Gasteiger partial charge in [-0.25, -0.2) is 30.7 Å². The first-order valence-corrected chi connectivity index (χ1v) is 15.3. The Kier molecular flexibility index (Phi) is 10.6. The molecule has 50 heavy (non-hydrogen) atoms. The van der Waals surface area contributed by atoms with E-state index in [1.54, 1.807) is 0 Å². The minimum Gasteiger partial charge on any atom is -0.429 e. The van der Waals surface area contributed by atoms with Gasteiger partial charge in [0.05, 0.1) is 5.56 Å². The average molecular weight is 709 g/mol. The number of unbranched alkanes of at least 4 members (excludes halogenated alkanes) is 2. The Morgan fingerprint density at radius 2 is 1.10 bits per heavy atom. The van der Waals surface area contributed by atoms with Crippen LogP contribution >= 0.6 is 0 Å². The third-order valence-corrected chi connectivity index (χ3v) is 8.07. The Hall–Kier alpha value is -4.87. The molecule has 0 aliphatic rings. The predicted molar refractivity (Wildman–Crippen MR) is 167 cm³/mol. The van der Waals surface area contributed by atoms with Gasteiger partial charge in [0.15, 0.2) is 0 Å². The van der Waals surface area contributed by atoms with Gasteiger partial charge in [0.25, 0.3) is 0 Å². The van der Waals surface area contributed by atoms with Crippen LogP contribution in [0.15, 0.2) is 91.0 Å². The van der Waals surface area contributed by atoms with Crippen molar-refractivity contribution in [2.24, 2.45) is 0 Å². The maximum Gasteiger partial charge on any atom is 0.432 e. The second kappa shape index (κ2) is 14.5. The molecule has 0 saturated carbocycles. The highest BCUT2D eigenvalue weighted by atomic mass is 19.3. The van der Waals surface area contributed by atoms with Crippen LogP contribution in [0.2, 0.25) is 0 Å². The van der Waals surface area contributed by atoms with Crippen molar-refractivity contribution in [3.05, 3.63) is 137 Å². The third kappa shape index (κ3) is 7.64. The summed E-state index contributed by atoms with van der Waals surface area (Å²) in [4.78, 5) is 0. The van der Waals surface area contributed by atoms with Crippen molar-refractivity contribution < 1.29 is 53.0 Å². The van der Waals surface area contributed by atoms with Crippen LogP contribution in [0.5, 0.6) is 5.75 Å². The van der Waals surface area contributed by atoms with Gasteiger partial charge in [-0.15, -0.1) is 0 Å². The van der Waals surface area contributed by atoms with Crippen molar-refractivity contribution in [2.45, 2.75) is 51.1 Å². The molecule has 0 saturated heterocycles. The van der Waals surface area contributed by atoms with Gasteiger partial charge < -0.3 is 4.74 Å². The van der Waals surface area contributed by atoms with E-state index in [0.29, 0.717) is 41.5 Å². The molecule has 0 aromatic heterocycles. The molecule has 0 atom stereocenters. The first-order valence-electron chi connectivity index (χ1n) is 15.3. The summed E-state index contributed by atoms with van der Waals surface area (Å²) in [5, 5.41) is 0. The van der Waals surface area contributed by atoms with E-state index in [-0.39, 0.29) is 11.1 Å². The third-order valence-electron chi connectivity index (χ3n) is 8.07. The SMILES string of the molecule is CCCCCc1ccc(-c2ccc(-c3cc(F)c(C(F)(F)Oc4ccc(-c5ccc(C(F)(F)C(F)F)c(F)c5)c(F)c4)c(F)c3)c(F)c2)cc1. The molecular weight excluding hydrogens is 681 g/mol. The lowest BCUT2D eigenvalue weighted by Gasteiger charge is -2.20. The van der Waals surface area contributed by atoms with Crippen LogP contribution in [0.25, 0.3) is 33.4 Å². The summed E-state index contributed by atoms with van der Waals surface area (Å²) in [6, 6.07) is 15.7. The highest BCUT2D eigenvalue weighted by molar-refractivity contribution is 5.72. The van der Waals surface area contributed by atoms with Crippen molar-refractivity contribution in [3.63, 3.8) is 0 Å². The van der Waals surface area contributed by atoms with E-state index in [2.05, 4.69) is 11.7 Å². The van der Waals surface area contributed by atoms with E-state index >= 15 is 22.0 Å². The molecule has 12 heteroatoms. The molecule has 0 heterocycles. The average Bonchev–Trinajstić information content (AvgIpc) is 3.04. The Morgan fingerprint density at radius 1 is 0.560 bits per heavy atom. The molecule has 0 aliphatic carbocycles. The fourth-order valence-electron chi connectivity index (χ4n) is 5.44. The van der Waals surface area contributed by atoms with Crippen LogP contribution in [0.1, 0.15) is 42.9 Å². The second-order valence-corrected chi connectivity index (χ2v) is 11.5. The van der Waals surface area contributed by atoms with Crippen molar-refractivity contribution in [2.75, 3.05) is 0 Å². The molecular formula is C38H27F11O. The van der Waals surface area contributed by atoms with Gasteiger partial charge in [0.1, 0.15) is 40.4 Å². The number of halogens is 11. The van der Waals surface area contributed by atoms with Gasteiger partial charge >= 0.3 is 18.5 Å². The lowest BCUT2D eigenvalue weighted by molar-refractivity contribution is -0.189. The molecule has 0 unspecified atom stereocenters. The number of rotatable bonds is 12. The zero-order chi connectivity index (χ0) is 36.4. The van der Waals surface area contributed by atoms with E-state index in [1.807, 2.05) is 24.3 Å². The van der Waals surface area contributed by atoms with Crippen LogP contribution in [-0.4, -0.2) is 6.43 Å². The molecule has 5 aromatic rings. The van der Waals surface area contributed by atoms with Crippen molar-refractivity contribution in [3.8, 4) is 39.1 Å². The van der Waals surface area contributed by atoms with E-state index in [1.165, 1.54) is 12.1 Å². The summed E-state index contributed by atoms with van der Waals surface area (Å²) in [5.74, 6) is -13.3. The smallest absolute Gasteiger partial charge is 0.429 e. The highest BCUT2D eigenvalue weighted by Crippen LogP contribution is 2.40. The Morgan fingerprint density at radius 3 is 1.68 bits per heavy atom. The fourth-order valence-corrected chi connectivity index (χ4v) is 5.44. The van der Waals surface area contributed by atoms with Crippen LogP contribution in [-0.2, 0) is 18.5 Å². The molecule has 0 fully saturated rings. The first-order chi connectivity index (χ1) is 23.6. The molecule has 5 rings (SSSR count). The molecule has 262 valence electrons. The van der Waals surface area contributed by atoms with Crippen LogP contribution in [0.4, 0.5) is 48.3 Å². The topological polar surface area (TPSA) is 9.23 Å². The van der Waals surface area contributed by atoms with Gasteiger partial charge in [0.2, 0.25) is 0 Å². The summed E-state index contributed by atoms with van der Waals surface area (Å²) in [6.07, 6.45) is -4.81. The lowest BCUT2D eigenvalue weighted by atomic mass is 9.97. The monoisotopic (exact) mass is 708 g/mol. The first kappa shape index (κ1) is 36.4. The van der Waals surface area contributed by atoms with Crippen LogP contribution in [0.3, 0.4) is 0 Å². The molecule has 0 aliphatic heterocycles. The van der Waals surface area contributed by atoms with Crippen molar-refractivity contribution in [1.82, 2.24) is 0 Å². The second-order valence-electron chi connectivity index (χ2n) is 11.5. The van der Waals surface area contributed by atoms with Crippen LogP contribution < -0.4 is 4.74 Å².